The lowest BCUT2D eigenvalue weighted by atomic mass is 10.2. The van der Waals surface area contributed by atoms with E-state index >= 15 is 0 Å². The van der Waals surface area contributed by atoms with Gasteiger partial charge in [-0.15, -0.1) is 11.3 Å². The Balaban J connectivity index is 2.02. The molecular formula is C12H11BrOS. The van der Waals surface area contributed by atoms with Crippen molar-refractivity contribution < 1.29 is 4.74 Å². The van der Waals surface area contributed by atoms with Gasteiger partial charge in [0.15, 0.2) is 0 Å². The zero-order valence-corrected chi connectivity index (χ0v) is 10.8. The first-order valence-electron chi connectivity index (χ1n) is 4.67. The van der Waals surface area contributed by atoms with Gasteiger partial charge in [0, 0.05) is 9.35 Å². The molecule has 0 aliphatic carbocycles. The van der Waals surface area contributed by atoms with Crippen molar-refractivity contribution in [3.63, 3.8) is 0 Å². The summed E-state index contributed by atoms with van der Waals surface area (Å²) in [6.07, 6.45) is 0. The fourth-order valence-electron chi connectivity index (χ4n) is 1.26. The minimum atomic E-state index is 0.652. The second kappa shape index (κ2) is 4.81. The Kier molecular flexibility index (Phi) is 3.44. The molecule has 0 aliphatic rings. The van der Waals surface area contributed by atoms with Gasteiger partial charge in [-0.25, -0.2) is 0 Å². The third-order valence-electron chi connectivity index (χ3n) is 2.09. The summed E-state index contributed by atoms with van der Waals surface area (Å²) in [4.78, 5) is 1.25. The minimum absolute atomic E-state index is 0.652. The van der Waals surface area contributed by atoms with E-state index in [1.165, 1.54) is 10.4 Å². The van der Waals surface area contributed by atoms with Crippen LogP contribution in [0.1, 0.15) is 10.4 Å². The van der Waals surface area contributed by atoms with Gasteiger partial charge in [0.1, 0.15) is 12.4 Å². The van der Waals surface area contributed by atoms with Crippen molar-refractivity contribution in [2.75, 3.05) is 0 Å². The van der Waals surface area contributed by atoms with Crippen LogP contribution in [0, 0.1) is 6.92 Å². The van der Waals surface area contributed by atoms with Crippen LogP contribution >= 0.6 is 27.3 Å². The smallest absolute Gasteiger partial charge is 0.122 e. The molecule has 0 fully saturated rings. The van der Waals surface area contributed by atoms with E-state index in [2.05, 4.69) is 34.3 Å². The topological polar surface area (TPSA) is 9.23 Å². The molecular weight excluding hydrogens is 272 g/mol. The molecule has 1 aromatic heterocycles. The zero-order chi connectivity index (χ0) is 10.7. The summed E-state index contributed by atoms with van der Waals surface area (Å²) in [7, 11) is 0. The maximum atomic E-state index is 5.68. The highest BCUT2D eigenvalue weighted by Crippen LogP contribution is 2.22. The van der Waals surface area contributed by atoms with E-state index in [9.17, 15) is 0 Å². The van der Waals surface area contributed by atoms with E-state index in [4.69, 9.17) is 4.74 Å². The van der Waals surface area contributed by atoms with Crippen molar-refractivity contribution in [2.24, 2.45) is 0 Å². The Hall–Kier alpha value is -0.800. The molecule has 2 aromatic rings. The van der Waals surface area contributed by atoms with Crippen LogP contribution in [0.2, 0.25) is 0 Å². The van der Waals surface area contributed by atoms with Crippen molar-refractivity contribution in [2.45, 2.75) is 13.5 Å². The molecule has 15 heavy (non-hydrogen) atoms. The van der Waals surface area contributed by atoms with Crippen LogP contribution in [0.3, 0.4) is 0 Å². The van der Waals surface area contributed by atoms with Crippen LogP contribution in [-0.2, 0) is 6.61 Å². The van der Waals surface area contributed by atoms with Crippen LogP contribution in [0.5, 0.6) is 5.75 Å². The predicted octanol–water partition coefficient (Wildman–Crippen LogP) is 4.40. The lowest BCUT2D eigenvalue weighted by Crippen LogP contribution is -1.92. The van der Waals surface area contributed by atoms with Gasteiger partial charge in [-0.2, -0.15) is 0 Å². The molecule has 1 heterocycles. The van der Waals surface area contributed by atoms with Gasteiger partial charge < -0.3 is 4.74 Å². The van der Waals surface area contributed by atoms with Gasteiger partial charge >= 0.3 is 0 Å². The highest BCUT2D eigenvalue weighted by atomic mass is 79.9. The van der Waals surface area contributed by atoms with Gasteiger partial charge in [-0.1, -0.05) is 22.0 Å². The largest absolute Gasteiger partial charge is 0.488 e. The van der Waals surface area contributed by atoms with Crippen LogP contribution < -0.4 is 4.74 Å². The summed E-state index contributed by atoms with van der Waals surface area (Å²) in [5.74, 6) is 0.920. The highest BCUT2D eigenvalue weighted by Gasteiger charge is 1.99. The van der Waals surface area contributed by atoms with Gasteiger partial charge in [0.05, 0.1) is 0 Å². The van der Waals surface area contributed by atoms with E-state index in [1.807, 2.05) is 24.3 Å². The standard InChI is InChI=1S/C12H11BrOS/c1-9-7-10(4-5-12(9)13)14-8-11-3-2-6-15-11/h2-7H,8H2,1H3. The van der Waals surface area contributed by atoms with Gasteiger partial charge in [-0.05, 0) is 42.1 Å². The van der Waals surface area contributed by atoms with Crippen molar-refractivity contribution in [3.05, 3.63) is 50.6 Å². The van der Waals surface area contributed by atoms with Crippen LogP contribution in [-0.4, -0.2) is 0 Å². The molecule has 2 rings (SSSR count). The number of rotatable bonds is 3. The molecule has 78 valence electrons. The molecule has 1 nitrogen and oxygen atoms in total. The Labute approximate surface area is 102 Å². The first kappa shape index (κ1) is 10.7. The third kappa shape index (κ3) is 2.83. The predicted molar refractivity (Wildman–Crippen MR) is 67.5 cm³/mol. The van der Waals surface area contributed by atoms with E-state index in [1.54, 1.807) is 11.3 Å². The van der Waals surface area contributed by atoms with E-state index in [0.717, 1.165) is 10.2 Å². The second-order valence-corrected chi connectivity index (χ2v) is 5.17. The Morgan fingerprint density at radius 1 is 1.33 bits per heavy atom. The number of hydrogen-bond acceptors (Lipinski definition) is 2. The molecule has 0 radical (unpaired) electrons. The summed E-state index contributed by atoms with van der Waals surface area (Å²) in [6.45, 7) is 2.71. The lowest BCUT2D eigenvalue weighted by Gasteiger charge is -2.06. The lowest BCUT2D eigenvalue weighted by molar-refractivity contribution is 0.309. The molecule has 0 saturated carbocycles. The highest BCUT2D eigenvalue weighted by molar-refractivity contribution is 9.10. The minimum Gasteiger partial charge on any atom is -0.488 e. The Bertz CT molecular complexity index is 437. The first-order chi connectivity index (χ1) is 7.25. The molecule has 0 amide bonds. The fourth-order valence-corrected chi connectivity index (χ4v) is 2.12. The summed E-state index contributed by atoms with van der Waals surface area (Å²) in [5.41, 5.74) is 1.19. The molecule has 0 atom stereocenters. The fraction of sp³-hybridized carbons (Fsp3) is 0.167. The number of hydrogen-bond donors (Lipinski definition) is 0. The zero-order valence-electron chi connectivity index (χ0n) is 8.37. The molecule has 0 N–H and O–H groups in total. The number of halogens is 1. The van der Waals surface area contributed by atoms with Crippen molar-refractivity contribution in [3.8, 4) is 5.75 Å². The maximum Gasteiger partial charge on any atom is 0.122 e. The van der Waals surface area contributed by atoms with Crippen LogP contribution in [0.4, 0.5) is 0 Å². The molecule has 0 aliphatic heterocycles. The molecule has 0 bridgehead atoms. The number of benzene rings is 1. The first-order valence-corrected chi connectivity index (χ1v) is 6.34. The van der Waals surface area contributed by atoms with Gasteiger partial charge in [-0.3, -0.25) is 0 Å². The summed E-state index contributed by atoms with van der Waals surface area (Å²) < 4.78 is 6.79. The molecule has 1 aromatic carbocycles. The Morgan fingerprint density at radius 3 is 2.87 bits per heavy atom. The number of thiophene rings is 1. The second-order valence-electron chi connectivity index (χ2n) is 3.28. The number of aryl methyl sites for hydroxylation is 1. The third-order valence-corrected chi connectivity index (χ3v) is 3.83. The molecule has 0 saturated heterocycles. The quantitative estimate of drug-likeness (QED) is 0.811. The monoisotopic (exact) mass is 282 g/mol. The van der Waals surface area contributed by atoms with Crippen molar-refractivity contribution in [1.29, 1.82) is 0 Å². The SMILES string of the molecule is Cc1cc(OCc2cccs2)ccc1Br. The average molecular weight is 283 g/mol. The summed E-state index contributed by atoms with van der Waals surface area (Å²) in [6, 6.07) is 10.1. The Morgan fingerprint density at radius 2 is 2.20 bits per heavy atom. The normalized spacial score (nSPS) is 10.3. The average Bonchev–Trinajstić information content (AvgIpc) is 2.73. The molecule has 0 spiro atoms. The van der Waals surface area contributed by atoms with E-state index in [0.29, 0.717) is 6.61 Å². The van der Waals surface area contributed by atoms with Gasteiger partial charge in [0.25, 0.3) is 0 Å². The van der Waals surface area contributed by atoms with Crippen LogP contribution in [0.25, 0.3) is 0 Å². The van der Waals surface area contributed by atoms with Crippen LogP contribution in [0.15, 0.2) is 40.2 Å². The van der Waals surface area contributed by atoms with Gasteiger partial charge in [0.2, 0.25) is 0 Å². The number of ether oxygens (including phenoxy) is 1. The molecule has 0 unspecified atom stereocenters. The summed E-state index contributed by atoms with van der Waals surface area (Å²) in [5, 5.41) is 2.06. The molecule has 3 heteroatoms. The van der Waals surface area contributed by atoms with E-state index < -0.39 is 0 Å². The van der Waals surface area contributed by atoms with E-state index in [-0.39, 0.29) is 0 Å². The summed E-state index contributed by atoms with van der Waals surface area (Å²) >= 11 is 5.18. The van der Waals surface area contributed by atoms with Crippen molar-refractivity contribution >= 4 is 27.3 Å². The maximum absolute atomic E-state index is 5.68. The van der Waals surface area contributed by atoms with Crippen molar-refractivity contribution in [1.82, 2.24) is 0 Å².